The average molecular weight is 172 g/mol. The molecular weight excluding hydrogens is 162 g/mol. The fourth-order valence-corrected chi connectivity index (χ4v) is 0.899. The zero-order chi connectivity index (χ0) is 7.33. The highest BCUT2D eigenvalue weighted by atomic mass is 32.5. The van der Waals surface area contributed by atoms with Gasteiger partial charge in [-0.15, -0.1) is 0 Å². The quantitative estimate of drug-likeness (QED) is 0.519. The van der Waals surface area contributed by atoms with E-state index in [1.807, 2.05) is 6.92 Å². The second-order valence-electron chi connectivity index (χ2n) is 1.64. The van der Waals surface area contributed by atoms with Gasteiger partial charge in [0.25, 0.3) is 0 Å². The van der Waals surface area contributed by atoms with E-state index in [9.17, 15) is 4.20 Å². The topological polar surface area (TPSA) is 29.5 Å². The Bertz CT molecular complexity index is 113. The molecule has 56 valence electrons. The second kappa shape index (κ2) is 4.34. The third-order valence-electron chi connectivity index (χ3n) is 0.748. The fraction of sp³-hybridized carbons (Fsp3) is 1.00. The summed E-state index contributed by atoms with van der Waals surface area (Å²) in [7, 11) is 0. The van der Waals surface area contributed by atoms with E-state index in [0.717, 1.165) is 12.8 Å². The van der Waals surface area contributed by atoms with Crippen LogP contribution in [0.3, 0.4) is 0 Å². The minimum atomic E-state index is -3.86. The summed E-state index contributed by atoms with van der Waals surface area (Å²) in [6.07, 6.45) is 1.65. The molecule has 1 N–H and O–H groups in total. The summed E-state index contributed by atoms with van der Waals surface area (Å²) >= 11 is 3.98. The van der Waals surface area contributed by atoms with Crippen LogP contribution in [0.5, 0.6) is 0 Å². The highest BCUT2D eigenvalue weighted by Crippen LogP contribution is 2.43. The molecule has 0 radical (unpaired) electrons. The minimum absolute atomic E-state index is 0.223. The molecule has 0 heterocycles. The number of hydrogen-bond donors (Lipinski definition) is 1. The van der Waals surface area contributed by atoms with Gasteiger partial charge in [-0.3, -0.25) is 0 Å². The maximum atomic E-state index is 12.0. The molecule has 0 fully saturated rings. The highest BCUT2D eigenvalue weighted by molar-refractivity contribution is 8.06. The van der Waals surface area contributed by atoms with Gasteiger partial charge in [0.2, 0.25) is 0 Å². The van der Waals surface area contributed by atoms with Crippen LogP contribution in [0.1, 0.15) is 19.8 Å². The Hall–Kier alpha value is 0.500. The first-order chi connectivity index (χ1) is 4.06. The molecule has 0 aromatic rings. The average Bonchev–Trinajstić information content (AvgIpc) is 1.63. The molecule has 9 heavy (non-hydrogen) atoms. The molecule has 0 amide bonds. The first kappa shape index (κ1) is 9.50. The molecule has 2 nitrogen and oxygen atoms in total. The van der Waals surface area contributed by atoms with Crippen LogP contribution >= 0.6 is 6.80 Å². The minimum Gasteiger partial charge on any atom is -0.321 e. The van der Waals surface area contributed by atoms with Crippen molar-refractivity contribution in [2.24, 2.45) is 0 Å². The maximum absolute atomic E-state index is 12.0. The predicted molar refractivity (Wildman–Crippen MR) is 38.5 cm³/mol. The molecular formula is C4H10FO2PS. The molecule has 1 unspecified atom stereocenters. The molecule has 1 atom stereocenters. The van der Waals surface area contributed by atoms with Gasteiger partial charge in [0, 0.05) is 0 Å². The third kappa shape index (κ3) is 8.50. The molecule has 0 rings (SSSR count). The van der Waals surface area contributed by atoms with Gasteiger partial charge in [0.1, 0.15) is 0 Å². The standard InChI is InChI=1S/C4H10FO2PS/c1-2-3-4-7-8(5,6)9/h2-4H2,1H3,(H,6,9). The smallest absolute Gasteiger partial charge is 0.321 e. The first-order valence-corrected chi connectivity index (χ1v) is 5.29. The lowest BCUT2D eigenvalue weighted by atomic mass is 10.4. The van der Waals surface area contributed by atoms with E-state index in [1.54, 1.807) is 0 Å². The van der Waals surface area contributed by atoms with Gasteiger partial charge in [-0.05, 0) is 18.2 Å². The third-order valence-corrected chi connectivity index (χ3v) is 1.57. The van der Waals surface area contributed by atoms with Crippen molar-refractivity contribution in [3.8, 4) is 0 Å². The van der Waals surface area contributed by atoms with E-state index in [1.165, 1.54) is 0 Å². The number of hydrogen-bond acceptors (Lipinski definition) is 2. The van der Waals surface area contributed by atoms with Crippen LogP contribution in [0.2, 0.25) is 0 Å². The van der Waals surface area contributed by atoms with Crippen molar-refractivity contribution in [3.63, 3.8) is 0 Å². The highest BCUT2D eigenvalue weighted by Gasteiger charge is 2.08. The maximum Gasteiger partial charge on any atom is 0.363 e. The molecule has 0 bridgehead atoms. The Labute approximate surface area is 59.3 Å². The Balaban J connectivity index is 3.18. The largest absolute Gasteiger partial charge is 0.363 e. The Kier molecular flexibility index (Phi) is 4.58. The van der Waals surface area contributed by atoms with Gasteiger partial charge in [-0.1, -0.05) is 13.3 Å². The summed E-state index contributed by atoms with van der Waals surface area (Å²) in [5.74, 6) is 0. The van der Waals surface area contributed by atoms with Crippen LogP contribution in [0.4, 0.5) is 4.20 Å². The Morgan fingerprint density at radius 3 is 2.67 bits per heavy atom. The van der Waals surface area contributed by atoms with Crippen molar-refractivity contribution in [2.75, 3.05) is 6.61 Å². The lowest BCUT2D eigenvalue weighted by Gasteiger charge is -2.03. The monoisotopic (exact) mass is 172 g/mol. The van der Waals surface area contributed by atoms with Crippen molar-refractivity contribution in [1.82, 2.24) is 0 Å². The first-order valence-electron chi connectivity index (χ1n) is 2.73. The van der Waals surface area contributed by atoms with Crippen molar-refractivity contribution >= 4 is 18.6 Å². The van der Waals surface area contributed by atoms with Crippen LogP contribution in [0, 0.1) is 0 Å². The second-order valence-corrected chi connectivity index (χ2v) is 4.15. The normalized spacial score (nSPS) is 17.2. The van der Waals surface area contributed by atoms with E-state index in [-0.39, 0.29) is 6.61 Å². The lowest BCUT2D eigenvalue weighted by molar-refractivity contribution is 0.274. The fourth-order valence-electron chi connectivity index (χ4n) is 0.321. The van der Waals surface area contributed by atoms with Gasteiger partial charge in [-0.2, -0.15) is 4.20 Å². The summed E-state index contributed by atoms with van der Waals surface area (Å²) in [5.41, 5.74) is 0. The van der Waals surface area contributed by atoms with E-state index in [4.69, 9.17) is 4.89 Å². The molecule has 0 saturated carbocycles. The Morgan fingerprint density at radius 1 is 1.78 bits per heavy atom. The van der Waals surface area contributed by atoms with Gasteiger partial charge in [0.15, 0.2) is 0 Å². The van der Waals surface area contributed by atoms with E-state index in [2.05, 4.69) is 16.3 Å². The van der Waals surface area contributed by atoms with E-state index in [0.29, 0.717) is 0 Å². The Morgan fingerprint density at radius 2 is 2.33 bits per heavy atom. The molecule has 0 aromatic heterocycles. The van der Waals surface area contributed by atoms with Gasteiger partial charge < -0.3 is 9.42 Å². The molecule has 0 aliphatic rings. The summed E-state index contributed by atoms with van der Waals surface area (Å²) in [6.45, 7) is -1.69. The molecule has 0 aliphatic carbocycles. The van der Waals surface area contributed by atoms with Crippen LogP contribution < -0.4 is 0 Å². The zero-order valence-corrected chi connectivity index (χ0v) is 6.92. The molecule has 0 aliphatic heterocycles. The number of halogens is 1. The van der Waals surface area contributed by atoms with Crippen LogP contribution in [0.15, 0.2) is 0 Å². The van der Waals surface area contributed by atoms with E-state index >= 15 is 0 Å². The summed E-state index contributed by atoms with van der Waals surface area (Å²) in [6, 6.07) is 0. The predicted octanol–water partition coefficient (Wildman–Crippen LogP) is 1.99. The lowest BCUT2D eigenvalue weighted by Crippen LogP contribution is -1.87. The van der Waals surface area contributed by atoms with Crippen LogP contribution in [0.25, 0.3) is 0 Å². The van der Waals surface area contributed by atoms with Gasteiger partial charge >= 0.3 is 6.80 Å². The molecule has 0 saturated heterocycles. The molecule has 0 spiro atoms. The van der Waals surface area contributed by atoms with Crippen molar-refractivity contribution < 1.29 is 13.6 Å². The summed E-state index contributed by atoms with van der Waals surface area (Å²) in [4.78, 5) is 8.28. The van der Waals surface area contributed by atoms with Crippen molar-refractivity contribution in [2.45, 2.75) is 19.8 Å². The van der Waals surface area contributed by atoms with Crippen LogP contribution in [-0.2, 0) is 16.3 Å². The number of rotatable bonds is 4. The van der Waals surface area contributed by atoms with Crippen molar-refractivity contribution in [1.29, 1.82) is 0 Å². The molecule has 0 aromatic carbocycles. The van der Waals surface area contributed by atoms with Crippen molar-refractivity contribution in [3.05, 3.63) is 0 Å². The molecule has 5 heteroatoms. The summed E-state index contributed by atoms with van der Waals surface area (Å²) in [5, 5.41) is 0. The van der Waals surface area contributed by atoms with Gasteiger partial charge in [-0.25, -0.2) is 0 Å². The van der Waals surface area contributed by atoms with Gasteiger partial charge in [0.05, 0.1) is 6.61 Å². The summed E-state index contributed by atoms with van der Waals surface area (Å²) < 4.78 is 16.3. The van der Waals surface area contributed by atoms with Crippen LogP contribution in [-0.4, -0.2) is 11.5 Å². The number of unbranched alkanes of at least 4 members (excludes halogenated alkanes) is 1. The SMILES string of the molecule is CCCCOP(O)(F)=S. The van der Waals surface area contributed by atoms with E-state index < -0.39 is 6.80 Å². The zero-order valence-electron chi connectivity index (χ0n) is 5.21.